The highest BCUT2D eigenvalue weighted by Gasteiger charge is 2.20. The van der Waals surface area contributed by atoms with Crippen molar-refractivity contribution in [3.05, 3.63) is 38.7 Å². The summed E-state index contributed by atoms with van der Waals surface area (Å²) in [7, 11) is 0. The van der Waals surface area contributed by atoms with Gasteiger partial charge in [0.2, 0.25) is 5.91 Å². The van der Waals surface area contributed by atoms with E-state index < -0.39 is 23.5 Å². The second-order valence-corrected chi connectivity index (χ2v) is 6.80. The molecule has 7 nitrogen and oxygen atoms in total. The van der Waals surface area contributed by atoms with E-state index >= 15 is 0 Å². The molecule has 2 rings (SSSR count). The zero-order valence-corrected chi connectivity index (χ0v) is 15.9. The topological polar surface area (TPSA) is 117 Å². The molecule has 0 saturated heterocycles. The molecule has 1 atom stereocenters. The van der Waals surface area contributed by atoms with Crippen LogP contribution >= 0.6 is 11.6 Å². The van der Waals surface area contributed by atoms with Crippen molar-refractivity contribution < 1.29 is 24.2 Å². The molecule has 0 saturated carbocycles. The number of benzene rings is 1. The van der Waals surface area contributed by atoms with Gasteiger partial charge >= 0.3 is 11.6 Å². The monoisotopic (exact) mass is 395 g/mol. The first-order valence-corrected chi connectivity index (χ1v) is 9.09. The second kappa shape index (κ2) is 8.90. The van der Waals surface area contributed by atoms with Crippen molar-refractivity contribution in [2.75, 3.05) is 0 Å². The van der Waals surface area contributed by atoms with Gasteiger partial charge in [-0.15, -0.1) is 0 Å². The van der Waals surface area contributed by atoms with Crippen LogP contribution in [0.1, 0.15) is 43.7 Å². The maximum absolute atomic E-state index is 12.2. The van der Waals surface area contributed by atoms with Crippen LogP contribution in [0.5, 0.6) is 5.75 Å². The Balaban J connectivity index is 2.16. The van der Waals surface area contributed by atoms with Gasteiger partial charge in [0, 0.05) is 23.4 Å². The van der Waals surface area contributed by atoms with Crippen LogP contribution in [0.25, 0.3) is 11.0 Å². The van der Waals surface area contributed by atoms with E-state index in [4.69, 9.17) is 16.0 Å². The molecule has 3 N–H and O–H groups in total. The van der Waals surface area contributed by atoms with Crippen LogP contribution in [0, 0.1) is 6.92 Å². The zero-order valence-electron chi connectivity index (χ0n) is 15.2. The van der Waals surface area contributed by atoms with Gasteiger partial charge in [-0.3, -0.25) is 4.79 Å². The molecule has 0 aliphatic heterocycles. The van der Waals surface area contributed by atoms with Gasteiger partial charge in [0.15, 0.2) is 0 Å². The lowest BCUT2D eigenvalue weighted by Crippen LogP contribution is -2.40. The Kier molecular flexibility index (Phi) is 6.85. The highest BCUT2D eigenvalue weighted by molar-refractivity contribution is 6.32. The summed E-state index contributed by atoms with van der Waals surface area (Å²) >= 11 is 5.92. The number of phenols is 1. The molecule has 1 unspecified atom stereocenters. The largest absolute Gasteiger partial charge is 0.506 e. The highest BCUT2D eigenvalue weighted by Crippen LogP contribution is 2.30. The van der Waals surface area contributed by atoms with E-state index in [9.17, 15) is 24.6 Å². The molecule has 8 heteroatoms. The third-order valence-corrected chi connectivity index (χ3v) is 4.74. The minimum atomic E-state index is -1.08. The Labute approximate surface area is 160 Å². The van der Waals surface area contributed by atoms with E-state index in [0.29, 0.717) is 29.4 Å². The van der Waals surface area contributed by atoms with E-state index in [0.717, 1.165) is 6.42 Å². The van der Waals surface area contributed by atoms with Crippen LogP contribution in [0.2, 0.25) is 5.02 Å². The van der Waals surface area contributed by atoms with E-state index in [-0.39, 0.29) is 29.2 Å². The van der Waals surface area contributed by atoms with E-state index in [1.54, 1.807) is 6.92 Å². The number of aryl methyl sites for hydroxylation is 1. The molecule has 2 aromatic rings. The summed E-state index contributed by atoms with van der Waals surface area (Å²) in [6.45, 7) is 3.65. The molecule has 1 aromatic carbocycles. The summed E-state index contributed by atoms with van der Waals surface area (Å²) < 4.78 is 5.21. The quantitative estimate of drug-likeness (QED) is 0.591. The SMILES string of the molecule is CCCCC(NC(=O)CCc1c(C)c2cc(Cl)c(O)cc2oc1=O)C(=O)O. The molecule has 27 heavy (non-hydrogen) atoms. The van der Waals surface area contributed by atoms with Gasteiger partial charge in [-0.25, -0.2) is 9.59 Å². The standard InChI is InChI=1S/C19H22ClNO6/c1-3-4-5-14(18(24)25)21-17(23)7-6-11-10(2)12-8-13(20)15(22)9-16(12)27-19(11)26/h8-9,14,22H,3-7H2,1-2H3,(H,21,23)(H,24,25). The number of carbonyl (C=O) groups is 2. The molecule has 0 fully saturated rings. The highest BCUT2D eigenvalue weighted by atomic mass is 35.5. The molecule has 0 spiro atoms. The maximum atomic E-state index is 12.2. The molecule has 1 aromatic heterocycles. The second-order valence-electron chi connectivity index (χ2n) is 6.39. The third-order valence-electron chi connectivity index (χ3n) is 4.44. The first-order chi connectivity index (χ1) is 12.7. The maximum Gasteiger partial charge on any atom is 0.339 e. The van der Waals surface area contributed by atoms with Crippen molar-refractivity contribution in [2.45, 2.75) is 52.0 Å². The van der Waals surface area contributed by atoms with Crippen molar-refractivity contribution in [2.24, 2.45) is 0 Å². The van der Waals surface area contributed by atoms with Crippen molar-refractivity contribution in [3.63, 3.8) is 0 Å². The van der Waals surface area contributed by atoms with Crippen LogP contribution in [0.15, 0.2) is 21.3 Å². The Bertz CT molecular complexity index is 921. The fraction of sp³-hybridized carbons (Fsp3) is 0.421. The number of hydrogen-bond donors (Lipinski definition) is 3. The van der Waals surface area contributed by atoms with Gasteiger partial charge in [0.25, 0.3) is 0 Å². The average molecular weight is 396 g/mol. The summed E-state index contributed by atoms with van der Waals surface area (Å²) in [6.07, 6.45) is 1.94. The Morgan fingerprint density at radius 3 is 2.67 bits per heavy atom. The van der Waals surface area contributed by atoms with Crippen molar-refractivity contribution in [1.29, 1.82) is 0 Å². The van der Waals surface area contributed by atoms with Gasteiger partial charge in [-0.2, -0.15) is 0 Å². The number of hydrogen-bond acceptors (Lipinski definition) is 5. The van der Waals surface area contributed by atoms with E-state index in [1.165, 1.54) is 12.1 Å². The van der Waals surface area contributed by atoms with Crippen molar-refractivity contribution in [1.82, 2.24) is 5.32 Å². The number of aromatic hydroxyl groups is 1. The fourth-order valence-electron chi connectivity index (χ4n) is 2.86. The average Bonchev–Trinajstić information content (AvgIpc) is 2.60. The molecule has 1 heterocycles. The summed E-state index contributed by atoms with van der Waals surface area (Å²) in [6, 6.07) is 1.83. The number of fused-ring (bicyclic) bond motifs is 1. The number of unbranched alkanes of at least 4 members (excludes halogenated alkanes) is 1. The lowest BCUT2D eigenvalue weighted by molar-refractivity contribution is -0.142. The number of aliphatic carboxylic acids is 1. The molecule has 0 aliphatic carbocycles. The molecule has 0 aliphatic rings. The van der Waals surface area contributed by atoms with Gasteiger partial charge < -0.3 is 19.9 Å². The number of rotatable bonds is 8. The smallest absolute Gasteiger partial charge is 0.339 e. The Morgan fingerprint density at radius 1 is 1.33 bits per heavy atom. The number of halogens is 1. The van der Waals surface area contributed by atoms with Crippen LogP contribution < -0.4 is 10.9 Å². The number of carboxylic acids is 1. The normalized spacial score (nSPS) is 12.1. The van der Waals surface area contributed by atoms with Crippen LogP contribution in [0.4, 0.5) is 0 Å². The van der Waals surface area contributed by atoms with Crippen molar-refractivity contribution in [3.8, 4) is 5.75 Å². The molecule has 1 amide bonds. The number of nitrogens with one attached hydrogen (secondary N) is 1. The lowest BCUT2D eigenvalue weighted by atomic mass is 10.0. The van der Waals surface area contributed by atoms with E-state index in [1.807, 2.05) is 6.92 Å². The summed E-state index contributed by atoms with van der Waals surface area (Å²) in [5.41, 5.74) is 0.532. The zero-order chi connectivity index (χ0) is 20.1. The van der Waals surface area contributed by atoms with Crippen LogP contribution in [-0.4, -0.2) is 28.1 Å². The minimum Gasteiger partial charge on any atom is -0.506 e. The minimum absolute atomic E-state index is 0.0428. The Morgan fingerprint density at radius 2 is 2.04 bits per heavy atom. The Hall–Kier alpha value is -2.54. The molecule has 0 bridgehead atoms. The molecule has 0 radical (unpaired) electrons. The third kappa shape index (κ3) is 5.01. The summed E-state index contributed by atoms with van der Waals surface area (Å²) in [5.74, 6) is -1.71. The first kappa shape index (κ1) is 20.8. The van der Waals surface area contributed by atoms with E-state index in [2.05, 4.69) is 5.32 Å². The number of carboxylic acid groups (broad SMARTS) is 1. The van der Waals surface area contributed by atoms with Gasteiger partial charge in [0.1, 0.15) is 17.4 Å². The van der Waals surface area contributed by atoms with Crippen molar-refractivity contribution >= 4 is 34.4 Å². The van der Waals surface area contributed by atoms with Gasteiger partial charge in [-0.1, -0.05) is 31.4 Å². The van der Waals surface area contributed by atoms with Gasteiger partial charge in [-0.05, 0) is 31.4 Å². The van der Waals surface area contributed by atoms with Crippen LogP contribution in [0.3, 0.4) is 0 Å². The molecular weight excluding hydrogens is 374 g/mol. The number of amides is 1. The number of phenolic OH excluding ortho intramolecular Hbond substituents is 1. The summed E-state index contributed by atoms with van der Waals surface area (Å²) in [5, 5.41) is 22.0. The molecule has 146 valence electrons. The predicted molar refractivity (Wildman–Crippen MR) is 101 cm³/mol. The fourth-order valence-corrected chi connectivity index (χ4v) is 3.02. The molecular formula is C19H22ClNO6. The first-order valence-electron chi connectivity index (χ1n) is 8.71. The van der Waals surface area contributed by atoms with Crippen LogP contribution in [-0.2, 0) is 16.0 Å². The predicted octanol–water partition coefficient (Wildman–Crippen LogP) is 3.15. The summed E-state index contributed by atoms with van der Waals surface area (Å²) in [4.78, 5) is 35.6. The van der Waals surface area contributed by atoms with Gasteiger partial charge in [0.05, 0.1) is 5.02 Å². The number of carbonyl (C=O) groups excluding carboxylic acids is 1. The lowest BCUT2D eigenvalue weighted by Gasteiger charge is -2.14.